The number of aliphatic hydroxyl groups is 1. The van der Waals surface area contributed by atoms with E-state index in [9.17, 15) is 19.8 Å². The molecule has 2 aromatic rings. The summed E-state index contributed by atoms with van der Waals surface area (Å²) < 4.78 is 11.2. The van der Waals surface area contributed by atoms with E-state index in [0.717, 1.165) is 12.8 Å². The van der Waals surface area contributed by atoms with Crippen molar-refractivity contribution in [1.82, 2.24) is 4.90 Å². The number of hydrogen-bond donors (Lipinski definition) is 2. The Morgan fingerprint density at radius 2 is 2.06 bits per heavy atom. The zero-order valence-electron chi connectivity index (χ0n) is 17.6. The number of aliphatic hydroxyl groups excluding tert-OH is 1. The second kappa shape index (κ2) is 9.22. The number of ether oxygens (including phenoxy) is 2. The molecule has 168 valence electrons. The van der Waals surface area contributed by atoms with E-state index in [0.29, 0.717) is 35.1 Å². The first-order valence-corrected chi connectivity index (χ1v) is 10.9. The maximum atomic E-state index is 13.1. The van der Waals surface area contributed by atoms with Crippen LogP contribution in [0.5, 0.6) is 11.5 Å². The fraction of sp³-hybridized carbons (Fsp3) is 0.333. The van der Waals surface area contributed by atoms with Crippen LogP contribution in [0.15, 0.2) is 48.0 Å². The topological polar surface area (TPSA) is 96.3 Å². The zero-order valence-corrected chi connectivity index (χ0v) is 18.3. The Bertz CT molecular complexity index is 1080. The summed E-state index contributed by atoms with van der Waals surface area (Å²) in [6, 6.07) is 10.1. The maximum Gasteiger partial charge on any atom is 0.295 e. The number of Topliss-reactive ketones (excluding diaryl/α,β-unsaturated/α-hetero) is 1. The number of aromatic hydroxyl groups is 1. The van der Waals surface area contributed by atoms with Crippen LogP contribution in [-0.2, 0) is 14.3 Å². The van der Waals surface area contributed by atoms with Gasteiger partial charge in [-0.3, -0.25) is 9.59 Å². The van der Waals surface area contributed by atoms with Crippen LogP contribution in [0, 0.1) is 0 Å². The molecule has 2 N–H and O–H groups in total. The molecular weight excluding hydrogens is 434 g/mol. The fourth-order valence-electron chi connectivity index (χ4n) is 4.19. The molecule has 0 radical (unpaired) electrons. The van der Waals surface area contributed by atoms with Crippen molar-refractivity contribution in [3.8, 4) is 11.5 Å². The van der Waals surface area contributed by atoms with Crippen molar-refractivity contribution < 1.29 is 29.3 Å². The summed E-state index contributed by atoms with van der Waals surface area (Å²) in [6.45, 7) is 3.00. The lowest BCUT2D eigenvalue weighted by Crippen LogP contribution is -2.36. The molecule has 2 unspecified atom stereocenters. The quantitative estimate of drug-likeness (QED) is 0.386. The lowest BCUT2D eigenvalue weighted by molar-refractivity contribution is -0.140. The normalized spacial score (nSPS) is 22.5. The van der Waals surface area contributed by atoms with Gasteiger partial charge in [0.25, 0.3) is 11.7 Å². The Morgan fingerprint density at radius 1 is 1.25 bits per heavy atom. The number of carbonyl (C=O) groups excluding carboxylic acids is 2. The average Bonchev–Trinajstić information content (AvgIpc) is 3.37. The molecule has 8 heteroatoms. The Balaban J connectivity index is 1.83. The third-order valence-electron chi connectivity index (χ3n) is 5.65. The van der Waals surface area contributed by atoms with Gasteiger partial charge in [-0.15, -0.1) is 0 Å². The second-order valence-corrected chi connectivity index (χ2v) is 8.17. The zero-order chi connectivity index (χ0) is 22.8. The Labute approximate surface area is 190 Å². The van der Waals surface area contributed by atoms with Crippen LogP contribution in [-0.4, -0.2) is 52.7 Å². The van der Waals surface area contributed by atoms with Gasteiger partial charge in [0.15, 0.2) is 0 Å². The van der Waals surface area contributed by atoms with Gasteiger partial charge in [-0.1, -0.05) is 23.7 Å². The lowest BCUT2D eigenvalue weighted by Gasteiger charge is -2.27. The smallest absolute Gasteiger partial charge is 0.295 e. The molecule has 2 heterocycles. The van der Waals surface area contributed by atoms with E-state index in [4.69, 9.17) is 21.1 Å². The number of nitrogens with zero attached hydrogens (tertiary/aromatic N) is 1. The number of phenolic OH excluding ortho intramolecular Hbond substituents is 1. The molecule has 2 fully saturated rings. The van der Waals surface area contributed by atoms with Crippen molar-refractivity contribution in [2.45, 2.75) is 31.9 Å². The van der Waals surface area contributed by atoms with Crippen molar-refractivity contribution in [3.63, 3.8) is 0 Å². The standard InChI is InChI=1S/C24H24ClNO6/c1-2-31-19-12-15(8-9-18(19)25)22(28)20-21(14-5-3-6-16(27)11-14)26(24(30)23(20)29)13-17-7-4-10-32-17/h3,5-6,8-9,11-12,17,21,27-28H,2,4,7,10,13H2,1H3/b22-20-. The lowest BCUT2D eigenvalue weighted by atomic mass is 9.95. The highest BCUT2D eigenvalue weighted by Crippen LogP contribution is 2.41. The van der Waals surface area contributed by atoms with Crippen molar-refractivity contribution in [2.75, 3.05) is 19.8 Å². The fourth-order valence-corrected chi connectivity index (χ4v) is 4.36. The number of amides is 1. The number of carbonyl (C=O) groups is 2. The van der Waals surface area contributed by atoms with Crippen molar-refractivity contribution in [3.05, 3.63) is 64.2 Å². The first-order chi connectivity index (χ1) is 15.4. The molecule has 0 aromatic heterocycles. The molecule has 0 aliphatic carbocycles. The molecule has 7 nitrogen and oxygen atoms in total. The molecule has 2 atom stereocenters. The van der Waals surface area contributed by atoms with E-state index in [1.54, 1.807) is 31.2 Å². The highest BCUT2D eigenvalue weighted by molar-refractivity contribution is 6.46. The van der Waals surface area contributed by atoms with Crippen molar-refractivity contribution in [1.29, 1.82) is 0 Å². The Kier molecular flexibility index (Phi) is 6.39. The van der Waals surface area contributed by atoms with E-state index in [1.165, 1.54) is 23.1 Å². The number of halogens is 1. The highest BCUT2D eigenvalue weighted by atomic mass is 35.5. The Morgan fingerprint density at radius 3 is 2.75 bits per heavy atom. The number of ketones is 1. The van der Waals surface area contributed by atoms with Gasteiger partial charge >= 0.3 is 0 Å². The molecule has 32 heavy (non-hydrogen) atoms. The third kappa shape index (κ3) is 4.18. The summed E-state index contributed by atoms with van der Waals surface area (Å²) in [5, 5.41) is 21.5. The van der Waals surface area contributed by atoms with Crippen LogP contribution < -0.4 is 4.74 Å². The molecule has 4 rings (SSSR count). The number of rotatable bonds is 6. The molecule has 2 aliphatic rings. The summed E-state index contributed by atoms with van der Waals surface area (Å²) in [7, 11) is 0. The first kappa shape index (κ1) is 22.2. The average molecular weight is 458 g/mol. The van der Waals surface area contributed by atoms with E-state index >= 15 is 0 Å². The van der Waals surface area contributed by atoms with Crippen molar-refractivity contribution >= 4 is 29.1 Å². The van der Waals surface area contributed by atoms with Gasteiger partial charge in [0.2, 0.25) is 0 Å². The number of benzene rings is 2. The van der Waals surface area contributed by atoms with Gasteiger partial charge < -0.3 is 24.6 Å². The number of likely N-dealkylation sites (tertiary alicyclic amines) is 1. The highest BCUT2D eigenvalue weighted by Gasteiger charge is 2.47. The molecule has 2 saturated heterocycles. The van der Waals surface area contributed by atoms with Gasteiger partial charge in [0.05, 0.1) is 29.3 Å². The van der Waals surface area contributed by atoms with E-state index in [2.05, 4.69) is 0 Å². The predicted octanol–water partition coefficient (Wildman–Crippen LogP) is 4.05. The molecule has 0 bridgehead atoms. The maximum absolute atomic E-state index is 13.1. The van der Waals surface area contributed by atoms with E-state index in [1.807, 2.05) is 0 Å². The molecule has 0 saturated carbocycles. The molecule has 1 amide bonds. The van der Waals surface area contributed by atoms with Crippen LogP contribution in [0.25, 0.3) is 5.76 Å². The largest absolute Gasteiger partial charge is 0.508 e. The third-order valence-corrected chi connectivity index (χ3v) is 5.97. The second-order valence-electron chi connectivity index (χ2n) is 7.76. The van der Waals surface area contributed by atoms with Crippen LogP contribution in [0.3, 0.4) is 0 Å². The molecular formula is C24H24ClNO6. The van der Waals surface area contributed by atoms with E-state index < -0.39 is 17.7 Å². The first-order valence-electron chi connectivity index (χ1n) is 10.5. The van der Waals surface area contributed by atoms with Crippen LogP contribution in [0.2, 0.25) is 5.02 Å². The van der Waals surface area contributed by atoms with Crippen molar-refractivity contribution in [2.24, 2.45) is 0 Å². The van der Waals surface area contributed by atoms with Gasteiger partial charge in [0.1, 0.15) is 17.3 Å². The van der Waals surface area contributed by atoms with Gasteiger partial charge in [-0.2, -0.15) is 0 Å². The Hall–Kier alpha value is -3.03. The summed E-state index contributed by atoms with van der Waals surface area (Å²) >= 11 is 6.16. The molecule has 2 aromatic carbocycles. The summed E-state index contributed by atoms with van der Waals surface area (Å²) in [5.74, 6) is -1.48. The monoisotopic (exact) mass is 457 g/mol. The van der Waals surface area contributed by atoms with Gasteiger partial charge in [0, 0.05) is 18.7 Å². The molecule has 0 spiro atoms. The number of phenols is 1. The minimum absolute atomic E-state index is 0.00432. The van der Waals surface area contributed by atoms with Gasteiger partial charge in [-0.25, -0.2) is 0 Å². The SMILES string of the molecule is CCOc1cc(/C(O)=C2/C(=O)C(=O)N(CC3CCCO3)C2c2cccc(O)c2)ccc1Cl. The van der Waals surface area contributed by atoms with E-state index in [-0.39, 0.29) is 29.7 Å². The van der Waals surface area contributed by atoms with Gasteiger partial charge in [-0.05, 0) is 55.7 Å². The summed E-state index contributed by atoms with van der Waals surface area (Å²) in [5.41, 5.74) is 0.768. The van der Waals surface area contributed by atoms with Crippen LogP contribution >= 0.6 is 11.6 Å². The number of hydrogen-bond acceptors (Lipinski definition) is 6. The molecule has 2 aliphatic heterocycles. The predicted molar refractivity (Wildman–Crippen MR) is 119 cm³/mol. The van der Waals surface area contributed by atoms with Crippen LogP contribution in [0.4, 0.5) is 0 Å². The minimum atomic E-state index is -0.863. The summed E-state index contributed by atoms with van der Waals surface area (Å²) in [4.78, 5) is 27.5. The summed E-state index contributed by atoms with van der Waals surface area (Å²) in [6.07, 6.45) is 1.48. The van der Waals surface area contributed by atoms with Crippen LogP contribution in [0.1, 0.15) is 36.9 Å². The minimum Gasteiger partial charge on any atom is -0.508 e.